The zero-order chi connectivity index (χ0) is 13.9. The number of hydrogen-bond acceptors (Lipinski definition) is 4. The average Bonchev–Trinajstić information content (AvgIpc) is 2.84. The van der Waals surface area contributed by atoms with E-state index in [1.807, 2.05) is 6.92 Å². The van der Waals surface area contributed by atoms with Crippen LogP contribution < -0.4 is 5.32 Å². The van der Waals surface area contributed by atoms with Crippen LogP contribution in [0.1, 0.15) is 33.6 Å². The van der Waals surface area contributed by atoms with E-state index in [-0.39, 0.29) is 17.7 Å². The minimum absolute atomic E-state index is 0.0718. The van der Waals surface area contributed by atoms with Crippen LogP contribution in [0.15, 0.2) is 0 Å². The quantitative estimate of drug-likeness (QED) is 0.827. The molecule has 1 amide bonds. The zero-order valence-electron chi connectivity index (χ0n) is 12.3. The van der Waals surface area contributed by atoms with Crippen molar-refractivity contribution >= 4 is 5.91 Å². The molecule has 2 heterocycles. The normalized spacial score (nSPS) is 24.8. The topological polar surface area (TPSA) is 50.8 Å². The fourth-order valence-electron chi connectivity index (χ4n) is 2.66. The largest absolute Gasteiger partial charge is 0.354 e. The van der Waals surface area contributed by atoms with E-state index >= 15 is 0 Å². The molecule has 5 heteroatoms. The van der Waals surface area contributed by atoms with Crippen LogP contribution in [0.25, 0.3) is 0 Å². The highest BCUT2D eigenvalue weighted by molar-refractivity contribution is 5.81. The smallest absolute Gasteiger partial charge is 0.237 e. The molecule has 1 atom stereocenters. The van der Waals surface area contributed by atoms with E-state index in [0.29, 0.717) is 19.1 Å². The Morgan fingerprint density at radius 1 is 1.21 bits per heavy atom. The first-order chi connectivity index (χ1) is 9.02. The molecule has 0 saturated carbocycles. The average molecular weight is 270 g/mol. The number of likely N-dealkylation sites (tertiary alicyclic amines) is 1. The lowest BCUT2D eigenvalue weighted by atomic mass is 10.0. The highest BCUT2D eigenvalue weighted by atomic mass is 16.7. The molecule has 0 aliphatic carbocycles. The van der Waals surface area contributed by atoms with Gasteiger partial charge in [0, 0.05) is 32.5 Å². The van der Waals surface area contributed by atoms with Gasteiger partial charge in [-0.25, -0.2) is 0 Å². The van der Waals surface area contributed by atoms with Gasteiger partial charge in [0.2, 0.25) is 5.91 Å². The maximum absolute atomic E-state index is 12.0. The Labute approximate surface area is 115 Å². The van der Waals surface area contributed by atoms with Gasteiger partial charge in [0.1, 0.15) is 0 Å². The van der Waals surface area contributed by atoms with E-state index in [1.165, 1.54) is 0 Å². The van der Waals surface area contributed by atoms with Crippen LogP contribution in [-0.2, 0) is 14.3 Å². The molecular formula is C14H26N2O3. The summed E-state index contributed by atoms with van der Waals surface area (Å²) >= 11 is 0. The number of carbonyl (C=O) groups excluding carboxylic acids is 1. The van der Waals surface area contributed by atoms with Gasteiger partial charge < -0.3 is 14.8 Å². The lowest BCUT2D eigenvalue weighted by molar-refractivity contribution is -0.188. The first-order valence-electron chi connectivity index (χ1n) is 7.32. The summed E-state index contributed by atoms with van der Waals surface area (Å²) in [5.41, 5.74) is 0. The Morgan fingerprint density at radius 2 is 1.79 bits per heavy atom. The Morgan fingerprint density at radius 3 is 2.32 bits per heavy atom. The molecule has 2 fully saturated rings. The number of nitrogens with one attached hydrogen (secondary N) is 1. The van der Waals surface area contributed by atoms with Crippen molar-refractivity contribution in [3.8, 4) is 0 Å². The molecule has 0 aromatic rings. The van der Waals surface area contributed by atoms with Gasteiger partial charge in [-0.05, 0) is 12.8 Å². The number of piperidine rings is 1. The summed E-state index contributed by atoms with van der Waals surface area (Å²) in [6.45, 7) is 10.0. The maximum Gasteiger partial charge on any atom is 0.237 e. The van der Waals surface area contributed by atoms with Crippen LogP contribution in [-0.4, -0.2) is 55.5 Å². The monoisotopic (exact) mass is 270 g/mol. The molecule has 110 valence electrons. The first kappa shape index (κ1) is 14.8. The van der Waals surface area contributed by atoms with Crippen LogP contribution in [0, 0.1) is 5.92 Å². The van der Waals surface area contributed by atoms with Gasteiger partial charge in [-0.15, -0.1) is 0 Å². The van der Waals surface area contributed by atoms with E-state index in [9.17, 15) is 4.79 Å². The van der Waals surface area contributed by atoms with Crippen molar-refractivity contribution in [1.29, 1.82) is 0 Å². The molecule has 2 aliphatic heterocycles. The van der Waals surface area contributed by atoms with E-state index in [1.54, 1.807) is 0 Å². The van der Waals surface area contributed by atoms with Crippen LogP contribution in [0.5, 0.6) is 0 Å². The van der Waals surface area contributed by atoms with Crippen molar-refractivity contribution in [2.75, 3.05) is 32.8 Å². The molecule has 5 nitrogen and oxygen atoms in total. The van der Waals surface area contributed by atoms with Gasteiger partial charge >= 0.3 is 0 Å². The highest BCUT2D eigenvalue weighted by Crippen LogP contribution is 2.31. The minimum Gasteiger partial charge on any atom is -0.354 e. The van der Waals surface area contributed by atoms with Gasteiger partial charge in [-0.3, -0.25) is 9.69 Å². The molecule has 2 aliphatic rings. The van der Waals surface area contributed by atoms with Gasteiger partial charge in [-0.2, -0.15) is 0 Å². The standard InChI is InChI=1S/C14H26N2O3/c1-11(2)10-15-13(17)12(3)16-6-4-14(5-7-16)18-8-9-19-14/h11-12H,4-10H2,1-3H3,(H,15,17). The maximum atomic E-state index is 12.0. The Bertz CT molecular complexity index is 304. The van der Waals surface area contributed by atoms with Crippen LogP contribution in [0.4, 0.5) is 0 Å². The molecule has 2 saturated heterocycles. The number of amides is 1. The Kier molecular flexibility index (Phi) is 4.81. The van der Waals surface area contributed by atoms with Crippen LogP contribution in [0.2, 0.25) is 0 Å². The SMILES string of the molecule is CC(C)CNC(=O)C(C)N1CCC2(CC1)OCCO2. The molecule has 0 bridgehead atoms. The second-order valence-electron chi connectivity index (χ2n) is 5.96. The van der Waals surface area contributed by atoms with Gasteiger partial charge in [0.25, 0.3) is 0 Å². The molecule has 1 spiro atoms. The summed E-state index contributed by atoms with van der Waals surface area (Å²) in [7, 11) is 0. The summed E-state index contributed by atoms with van der Waals surface area (Å²) in [6.07, 6.45) is 1.71. The zero-order valence-corrected chi connectivity index (χ0v) is 12.3. The van der Waals surface area contributed by atoms with E-state index in [0.717, 1.165) is 32.5 Å². The fourth-order valence-corrected chi connectivity index (χ4v) is 2.66. The summed E-state index contributed by atoms with van der Waals surface area (Å²) in [5.74, 6) is 0.254. The summed E-state index contributed by atoms with van der Waals surface area (Å²) in [4.78, 5) is 14.3. The Balaban J connectivity index is 1.78. The predicted molar refractivity (Wildman–Crippen MR) is 72.8 cm³/mol. The molecule has 1 N–H and O–H groups in total. The van der Waals surface area contributed by atoms with Crippen molar-refractivity contribution in [2.45, 2.75) is 45.4 Å². The molecule has 0 aromatic carbocycles. The van der Waals surface area contributed by atoms with Gasteiger partial charge in [0.05, 0.1) is 19.3 Å². The van der Waals surface area contributed by atoms with Crippen molar-refractivity contribution in [3.63, 3.8) is 0 Å². The molecule has 19 heavy (non-hydrogen) atoms. The number of carbonyl (C=O) groups is 1. The molecule has 1 unspecified atom stereocenters. The minimum atomic E-state index is -0.357. The first-order valence-corrected chi connectivity index (χ1v) is 7.32. The third-order valence-corrected chi connectivity index (χ3v) is 3.99. The molecule has 0 aromatic heterocycles. The van der Waals surface area contributed by atoms with E-state index in [2.05, 4.69) is 24.1 Å². The highest BCUT2D eigenvalue weighted by Gasteiger charge is 2.41. The lowest BCUT2D eigenvalue weighted by Gasteiger charge is -2.39. The van der Waals surface area contributed by atoms with Gasteiger partial charge in [-0.1, -0.05) is 13.8 Å². The number of nitrogens with zero attached hydrogens (tertiary/aromatic N) is 1. The van der Waals surface area contributed by atoms with Crippen molar-refractivity contribution in [2.24, 2.45) is 5.92 Å². The van der Waals surface area contributed by atoms with E-state index in [4.69, 9.17) is 9.47 Å². The lowest BCUT2D eigenvalue weighted by Crippen LogP contribution is -2.52. The van der Waals surface area contributed by atoms with Crippen molar-refractivity contribution < 1.29 is 14.3 Å². The summed E-state index contributed by atoms with van der Waals surface area (Å²) in [6, 6.07) is -0.0718. The van der Waals surface area contributed by atoms with Crippen molar-refractivity contribution in [1.82, 2.24) is 10.2 Å². The van der Waals surface area contributed by atoms with Crippen molar-refractivity contribution in [3.05, 3.63) is 0 Å². The number of hydrogen-bond donors (Lipinski definition) is 1. The summed E-state index contributed by atoms with van der Waals surface area (Å²) in [5, 5.41) is 3.00. The molecule has 2 rings (SSSR count). The number of rotatable bonds is 4. The molecular weight excluding hydrogens is 244 g/mol. The van der Waals surface area contributed by atoms with E-state index < -0.39 is 0 Å². The van der Waals surface area contributed by atoms with Crippen LogP contribution in [0.3, 0.4) is 0 Å². The van der Waals surface area contributed by atoms with Gasteiger partial charge in [0.15, 0.2) is 5.79 Å². The number of ether oxygens (including phenoxy) is 2. The van der Waals surface area contributed by atoms with Crippen LogP contribution >= 0.6 is 0 Å². The third kappa shape index (κ3) is 3.68. The summed E-state index contributed by atoms with van der Waals surface area (Å²) < 4.78 is 11.4. The Hall–Kier alpha value is -0.650. The second-order valence-corrected chi connectivity index (χ2v) is 5.96. The fraction of sp³-hybridized carbons (Fsp3) is 0.929. The molecule has 0 radical (unpaired) electrons. The second kappa shape index (κ2) is 6.20. The predicted octanol–water partition coefficient (Wildman–Crippen LogP) is 0.986. The third-order valence-electron chi connectivity index (χ3n) is 3.99.